The zero-order chi connectivity index (χ0) is 16.2. The fraction of sp³-hybridized carbons (Fsp3) is 0.950. The predicted octanol–water partition coefficient (Wildman–Crippen LogP) is 6.28. The van der Waals surface area contributed by atoms with E-state index in [4.69, 9.17) is 4.74 Å². The summed E-state index contributed by atoms with van der Waals surface area (Å²) in [7, 11) is 0. The molecule has 0 radical (unpaired) electrons. The number of carbonyl (C=O) groups is 1. The van der Waals surface area contributed by atoms with E-state index < -0.39 is 0 Å². The lowest BCUT2D eigenvalue weighted by atomic mass is 9.86. The van der Waals surface area contributed by atoms with Gasteiger partial charge in [-0.2, -0.15) is 0 Å². The molecule has 0 aromatic rings. The van der Waals surface area contributed by atoms with E-state index >= 15 is 0 Å². The summed E-state index contributed by atoms with van der Waals surface area (Å²) in [6.45, 7) is 6.59. The van der Waals surface area contributed by atoms with Crippen molar-refractivity contribution in [2.45, 2.75) is 110 Å². The maximum atomic E-state index is 12.0. The molecule has 0 unspecified atom stereocenters. The van der Waals surface area contributed by atoms with Crippen molar-refractivity contribution in [1.82, 2.24) is 0 Å². The Labute approximate surface area is 138 Å². The molecule has 0 N–H and O–H groups in total. The first kappa shape index (κ1) is 19.5. The van der Waals surface area contributed by atoms with E-state index in [2.05, 4.69) is 20.8 Å². The number of unbranched alkanes of at least 4 members (excludes halogenated alkanes) is 1. The Morgan fingerprint density at radius 1 is 1.09 bits per heavy atom. The Morgan fingerprint density at radius 3 is 2.45 bits per heavy atom. The molecule has 1 rings (SSSR count). The van der Waals surface area contributed by atoms with Crippen molar-refractivity contribution >= 4 is 5.97 Å². The van der Waals surface area contributed by atoms with Crippen LogP contribution >= 0.6 is 0 Å². The summed E-state index contributed by atoms with van der Waals surface area (Å²) in [5.74, 6) is 1.61. The number of rotatable bonds is 11. The minimum atomic E-state index is 0.0275. The van der Waals surface area contributed by atoms with Crippen LogP contribution in [0.3, 0.4) is 0 Å². The number of esters is 1. The standard InChI is InChI=1S/C20H38O2/c1-4-6-10-18(5-2)14-13-17(3)22-20(21)16-15-19-11-8-7-9-12-19/h17-19H,4-16H2,1-3H3/t17-,18+/m0/s1. The predicted molar refractivity (Wildman–Crippen MR) is 93.9 cm³/mol. The molecule has 2 nitrogen and oxygen atoms in total. The van der Waals surface area contributed by atoms with Crippen LogP contribution < -0.4 is 0 Å². The van der Waals surface area contributed by atoms with E-state index in [-0.39, 0.29) is 12.1 Å². The van der Waals surface area contributed by atoms with E-state index in [1.165, 1.54) is 64.2 Å². The minimum absolute atomic E-state index is 0.0275. The highest BCUT2D eigenvalue weighted by atomic mass is 16.5. The van der Waals surface area contributed by atoms with Crippen molar-refractivity contribution in [3.05, 3.63) is 0 Å². The maximum absolute atomic E-state index is 12.0. The molecule has 2 atom stereocenters. The molecule has 0 aromatic heterocycles. The first-order chi connectivity index (χ1) is 10.7. The average Bonchev–Trinajstić information content (AvgIpc) is 2.54. The van der Waals surface area contributed by atoms with Gasteiger partial charge in [-0.05, 0) is 38.0 Å². The molecule has 0 amide bonds. The highest BCUT2D eigenvalue weighted by Gasteiger charge is 2.17. The Bertz CT molecular complexity index is 281. The largest absolute Gasteiger partial charge is 0.463 e. The summed E-state index contributed by atoms with van der Waals surface area (Å²) in [6.07, 6.45) is 15.9. The summed E-state index contributed by atoms with van der Waals surface area (Å²) < 4.78 is 5.60. The molecule has 1 saturated carbocycles. The third-order valence-electron chi connectivity index (χ3n) is 5.34. The van der Waals surface area contributed by atoms with Gasteiger partial charge in [0.1, 0.15) is 0 Å². The van der Waals surface area contributed by atoms with Crippen LogP contribution in [0.5, 0.6) is 0 Å². The van der Waals surface area contributed by atoms with Gasteiger partial charge in [0.05, 0.1) is 6.10 Å². The van der Waals surface area contributed by atoms with Gasteiger partial charge in [0.2, 0.25) is 0 Å². The van der Waals surface area contributed by atoms with Gasteiger partial charge >= 0.3 is 5.97 Å². The first-order valence-corrected chi connectivity index (χ1v) is 9.85. The van der Waals surface area contributed by atoms with E-state index in [9.17, 15) is 4.79 Å². The number of hydrogen-bond donors (Lipinski definition) is 0. The van der Waals surface area contributed by atoms with Gasteiger partial charge in [-0.3, -0.25) is 4.79 Å². The van der Waals surface area contributed by atoms with E-state index in [0.717, 1.165) is 24.7 Å². The van der Waals surface area contributed by atoms with Gasteiger partial charge in [-0.15, -0.1) is 0 Å². The fourth-order valence-electron chi connectivity index (χ4n) is 3.66. The molecule has 0 bridgehead atoms. The molecular formula is C20H38O2. The van der Waals surface area contributed by atoms with Crippen LogP contribution in [0.25, 0.3) is 0 Å². The Morgan fingerprint density at radius 2 is 1.82 bits per heavy atom. The zero-order valence-corrected chi connectivity index (χ0v) is 15.2. The molecule has 0 heterocycles. The van der Waals surface area contributed by atoms with Crippen molar-refractivity contribution in [3.8, 4) is 0 Å². The average molecular weight is 311 g/mol. The quantitative estimate of drug-likeness (QED) is 0.420. The highest BCUT2D eigenvalue weighted by molar-refractivity contribution is 5.69. The Balaban J connectivity index is 2.11. The molecule has 2 heteroatoms. The van der Waals surface area contributed by atoms with Crippen LogP contribution in [0.2, 0.25) is 0 Å². The molecule has 22 heavy (non-hydrogen) atoms. The van der Waals surface area contributed by atoms with E-state index in [1.807, 2.05) is 0 Å². The van der Waals surface area contributed by atoms with Crippen LogP contribution in [-0.2, 0) is 9.53 Å². The van der Waals surface area contributed by atoms with Crippen LogP contribution in [0.4, 0.5) is 0 Å². The van der Waals surface area contributed by atoms with Crippen molar-refractivity contribution in [3.63, 3.8) is 0 Å². The van der Waals surface area contributed by atoms with Crippen LogP contribution in [0, 0.1) is 11.8 Å². The lowest BCUT2D eigenvalue weighted by molar-refractivity contribution is -0.149. The fourth-order valence-corrected chi connectivity index (χ4v) is 3.66. The molecule has 1 aliphatic rings. The van der Waals surface area contributed by atoms with Crippen LogP contribution in [0.1, 0.15) is 104 Å². The third kappa shape index (κ3) is 8.80. The normalized spacial score (nSPS) is 18.9. The monoisotopic (exact) mass is 310 g/mol. The molecule has 0 spiro atoms. The molecule has 0 aliphatic heterocycles. The van der Waals surface area contributed by atoms with Crippen LogP contribution in [0.15, 0.2) is 0 Å². The van der Waals surface area contributed by atoms with Crippen molar-refractivity contribution in [1.29, 1.82) is 0 Å². The van der Waals surface area contributed by atoms with Gasteiger partial charge in [-0.25, -0.2) is 0 Å². The SMILES string of the molecule is CCCC[C@@H](CC)CC[C@H](C)OC(=O)CCC1CCCCC1. The summed E-state index contributed by atoms with van der Waals surface area (Å²) in [4.78, 5) is 12.0. The van der Waals surface area contributed by atoms with Gasteiger partial charge in [0.15, 0.2) is 0 Å². The molecular weight excluding hydrogens is 272 g/mol. The molecule has 130 valence electrons. The first-order valence-electron chi connectivity index (χ1n) is 9.85. The molecule has 1 aliphatic carbocycles. The highest BCUT2D eigenvalue weighted by Crippen LogP contribution is 2.27. The van der Waals surface area contributed by atoms with Gasteiger partial charge in [-0.1, -0.05) is 71.6 Å². The van der Waals surface area contributed by atoms with Gasteiger partial charge < -0.3 is 4.74 Å². The smallest absolute Gasteiger partial charge is 0.306 e. The van der Waals surface area contributed by atoms with Crippen LogP contribution in [-0.4, -0.2) is 12.1 Å². The second-order valence-corrected chi connectivity index (χ2v) is 7.34. The summed E-state index contributed by atoms with van der Waals surface area (Å²) in [5, 5.41) is 0. The Hall–Kier alpha value is -0.530. The minimum Gasteiger partial charge on any atom is -0.463 e. The summed E-state index contributed by atoms with van der Waals surface area (Å²) >= 11 is 0. The number of ether oxygens (including phenoxy) is 1. The topological polar surface area (TPSA) is 26.3 Å². The summed E-state index contributed by atoms with van der Waals surface area (Å²) in [6, 6.07) is 0. The lowest BCUT2D eigenvalue weighted by Gasteiger charge is -2.22. The number of hydrogen-bond acceptors (Lipinski definition) is 2. The molecule has 0 aromatic carbocycles. The molecule has 0 saturated heterocycles. The number of carbonyl (C=O) groups excluding carboxylic acids is 1. The van der Waals surface area contributed by atoms with Crippen molar-refractivity contribution in [2.75, 3.05) is 0 Å². The lowest BCUT2D eigenvalue weighted by Crippen LogP contribution is -2.17. The second-order valence-electron chi connectivity index (χ2n) is 7.34. The third-order valence-corrected chi connectivity index (χ3v) is 5.34. The second kappa shape index (κ2) is 12.0. The van der Waals surface area contributed by atoms with Gasteiger partial charge in [0.25, 0.3) is 0 Å². The Kier molecular flexibility index (Phi) is 10.6. The van der Waals surface area contributed by atoms with Crippen molar-refractivity contribution < 1.29 is 9.53 Å². The van der Waals surface area contributed by atoms with Crippen molar-refractivity contribution in [2.24, 2.45) is 11.8 Å². The maximum Gasteiger partial charge on any atom is 0.306 e. The van der Waals surface area contributed by atoms with E-state index in [0.29, 0.717) is 6.42 Å². The zero-order valence-electron chi connectivity index (χ0n) is 15.2. The van der Waals surface area contributed by atoms with Gasteiger partial charge in [0, 0.05) is 6.42 Å². The summed E-state index contributed by atoms with van der Waals surface area (Å²) in [5.41, 5.74) is 0. The van der Waals surface area contributed by atoms with E-state index in [1.54, 1.807) is 0 Å². The molecule has 1 fully saturated rings.